The summed E-state index contributed by atoms with van der Waals surface area (Å²) in [4.78, 5) is 14.8. The molecule has 292 valence electrons. The molecule has 0 radical (unpaired) electrons. The zero-order valence-electron chi connectivity index (χ0n) is 33.9. The number of hydrogen-bond donors (Lipinski definition) is 0. The summed E-state index contributed by atoms with van der Waals surface area (Å²) < 4.78 is 4.87. The van der Waals surface area contributed by atoms with E-state index in [1.54, 1.807) is 0 Å². The highest BCUT2D eigenvalue weighted by Gasteiger charge is 2.22. The average molecular weight is 794 g/mol. The first kappa shape index (κ1) is 35.8. The summed E-state index contributed by atoms with van der Waals surface area (Å²) in [6, 6.07) is 70.9. The Kier molecular flexibility index (Phi) is 8.56. The molecule has 1 aliphatic carbocycles. The predicted octanol–water partition coefficient (Wildman–Crippen LogP) is 14.2. The molecule has 0 aliphatic heterocycles. The number of aromatic nitrogens is 5. The summed E-state index contributed by atoms with van der Waals surface area (Å²) in [5, 5.41) is 3.75. The highest BCUT2D eigenvalue weighted by atomic mass is 15.0. The van der Waals surface area contributed by atoms with Gasteiger partial charge in [-0.3, -0.25) is 0 Å². The van der Waals surface area contributed by atoms with Crippen LogP contribution < -0.4 is 0 Å². The number of allylic oxidation sites excluding steroid dienone is 1. The zero-order chi connectivity index (χ0) is 41.0. The maximum atomic E-state index is 4.97. The van der Waals surface area contributed by atoms with Crippen LogP contribution in [-0.2, 0) is 6.42 Å². The van der Waals surface area contributed by atoms with Crippen molar-refractivity contribution in [2.24, 2.45) is 0 Å². The molecule has 1 aliphatic rings. The molecular formula is C57H39N5. The Balaban J connectivity index is 0.939. The van der Waals surface area contributed by atoms with E-state index in [2.05, 4.69) is 161 Å². The molecule has 0 bridgehead atoms. The number of rotatable bonds is 7. The van der Waals surface area contributed by atoms with E-state index in [4.69, 9.17) is 15.0 Å². The first-order valence-corrected chi connectivity index (χ1v) is 21.3. The normalized spacial score (nSPS) is 12.3. The molecule has 5 nitrogen and oxygen atoms in total. The lowest BCUT2D eigenvalue weighted by Gasteiger charge is -2.13. The summed E-state index contributed by atoms with van der Waals surface area (Å²) >= 11 is 0. The van der Waals surface area contributed by atoms with E-state index in [1.165, 1.54) is 66.3 Å². The van der Waals surface area contributed by atoms with Crippen LogP contribution in [0.15, 0.2) is 206 Å². The molecule has 0 saturated carbocycles. The Morgan fingerprint density at radius 3 is 1.45 bits per heavy atom. The Morgan fingerprint density at radius 1 is 0.355 bits per heavy atom. The Hall–Kier alpha value is -8.15. The van der Waals surface area contributed by atoms with E-state index in [9.17, 15) is 0 Å². The lowest BCUT2D eigenvalue weighted by molar-refractivity contribution is 0.888. The average Bonchev–Trinajstić information content (AvgIpc) is 3.88. The molecule has 0 N–H and O–H groups in total. The summed E-state index contributed by atoms with van der Waals surface area (Å²) in [6.07, 6.45) is 6.73. The fourth-order valence-corrected chi connectivity index (χ4v) is 9.44. The molecule has 0 fully saturated rings. The van der Waals surface area contributed by atoms with E-state index in [1.807, 2.05) is 60.7 Å². The summed E-state index contributed by atoms with van der Waals surface area (Å²) in [5.74, 6) is 1.95. The van der Waals surface area contributed by atoms with Crippen molar-refractivity contribution >= 4 is 38.8 Å². The van der Waals surface area contributed by atoms with Crippen LogP contribution in [0.1, 0.15) is 17.7 Å². The van der Waals surface area contributed by atoms with Crippen LogP contribution >= 0.6 is 0 Å². The van der Waals surface area contributed by atoms with Gasteiger partial charge in [0.05, 0.1) is 16.6 Å². The van der Waals surface area contributed by atoms with Crippen molar-refractivity contribution < 1.29 is 0 Å². The molecule has 0 unspecified atom stereocenters. The van der Waals surface area contributed by atoms with Crippen molar-refractivity contribution in [3.63, 3.8) is 0 Å². The summed E-state index contributed by atoms with van der Waals surface area (Å²) in [5.41, 5.74) is 16.3. The van der Waals surface area contributed by atoms with Gasteiger partial charge in [-0.05, 0) is 77.6 Å². The van der Waals surface area contributed by atoms with Gasteiger partial charge in [-0.15, -0.1) is 0 Å². The van der Waals surface area contributed by atoms with Crippen molar-refractivity contribution in [1.29, 1.82) is 0 Å². The standard InChI is InChI=1S/C57H39N5/c1-4-16-40(17-5-1)55-58-56(41-18-6-2-7-19-41)60-57(59-55)42-32-30-38(31-33-42)45-24-14-29-52-53(45)48-23-11-13-27-50(48)62(52)44-36-34-39(35-37-44)46-25-15-28-51-54(46)47-22-10-12-26-49(47)61(51)43-20-8-3-9-21-43/h1-11,13-25,27-37H,12,26H2. The number of nitrogens with zero attached hydrogens (tertiary/aromatic N) is 5. The fraction of sp³-hybridized carbons (Fsp3) is 0.0351. The van der Waals surface area contributed by atoms with Crippen LogP contribution in [0.3, 0.4) is 0 Å². The number of benzene rings is 8. The molecular weight excluding hydrogens is 755 g/mol. The largest absolute Gasteiger partial charge is 0.313 e. The second-order valence-corrected chi connectivity index (χ2v) is 15.9. The monoisotopic (exact) mass is 793 g/mol. The van der Waals surface area contributed by atoms with E-state index < -0.39 is 0 Å². The van der Waals surface area contributed by atoms with Crippen molar-refractivity contribution in [3.8, 4) is 67.8 Å². The van der Waals surface area contributed by atoms with Crippen molar-refractivity contribution in [1.82, 2.24) is 24.1 Å². The zero-order valence-corrected chi connectivity index (χ0v) is 33.9. The number of hydrogen-bond acceptors (Lipinski definition) is 3. The van der Waals surface area contributed by atoms with Crippen molar-refractivity contribution in [3.05, 3.63) is 218 Å². The van der Waals surface area contributed by atoms with Crippen molar-refractivity contribution in [2.45, 2.75) is 12.8 Å². The molecule has 5 heteroatoms. The molecule has 3 heterocycles. The van der Waals surface area contributed by atoms with E-state index in [0.29, 0.717) is 17.5 Å². The number of fused-ring (bicyclic) bond motifs is 6. The van der Waals surface area contributed by atoms with Gasteiger partial charge in [-0.2, -0.15) is 0 Å². The first-order valence-electron chi connectivity index (χ1n) is 21.3. The second-order valence-electron chi connectivity index (χ2n) is 15.9. The lowest BCUT2D eigenvalue weighted by Crippen LogP contribution is -2.02. The van der Waals surface area contributed by atoms with Gasteiger partial charge in [0.2, 0.25) is 0 Å². The maximum absolute atomic E-state index is 4.97. The third-order valence-corrected chi connectivity index (χ3v) is 12.3. The predicted molar refractivity (Wildman–Crippen MR) is 256 cm³/mol. The van der Waals surface area contributed by atoms with Crippen LogP contribution in [0.4, 0.5) is 0 Å². The fourth-order valence-electron chi connectivity index (χ4n) is 9.44. The van der Waals surface area contributed by atoms with Gasteiger partial charge < -0.3 is 9.13 Å². The molecule has 0 atom stereocenters. The SMILES string of the molecule is C1=Cc2c(n(-c3ccccc3)c3cccc(-c4ccc(-n5c6ccccc6c6c(-c7ccc(-c8nc(-c9ccccc9)nc(-c9ccccc9)n8)cc7)cccc65)cc4)c23)CC1. The quantitative estimate of drug-likeness (QED) is 0.161. The van der Waals surface area contributed by atoms with Gasteiger partial charge in [0.15, 0.2) is 17.5 Å². The first-order chi connectivity index (χ1) is 30.8. The van der Waals surface area contributed by atoms with Crippen molar-refractivity contribution in [2.75, 3.05) is 0 Å². The van der Waals surface area contributed by atoms with Gasteiger partial charge in [0.1, 0.15) is 0 Å². The minimum Gasteiger partial charge on any atom is -0.313 e. The van der Waals surface area contributed by atoms with E-state index in [0.717, 1.165) is 40.8 Å². The van der Waals surface area contributed by atoms with Crippen LogP contribution in [0.25, 0.3) is 107 Å². The highest BCUT2D eigenvalue weighted by Crippen LogP contribution is 2.42. The minimum atomic E-state index is 0.642. The third-order valence-electron chi connectivity index (χ3n) is 12.3. The molecule has 11 aromatic rings. The van der Waals surface area contributed by atoms with Gasteiger partial charge in [-0.1, -0.05) is 170 Å². The van der Waals surface area contributed by atoms with Gasteiger partial charge in [0, 0.05) is 55.5 Å². The van der Waals surface area contributed by atoms with Gasteiger partial charge in [-0.25, -0.2) is 15.0 Å². The summed E-state index contributed by atoms with van der Waals surface area (Å²) in [7, 11) is 0. The van der Waals surface area contributed by atoms with E-state index in [-0.39, 0.29) is 0 Å². The Labute approximate surface area is 359 Å². The minimum absolute atomic E-state index is 0.642. The molecule has 12 rings (SSSR count). The summed E-state index contributed by atoms with van der Waals surface area (Å²) in [6.45, 7) is 0. The second kappa shape index (κ2) is 14.8. The highest BCUT2D eigenvalue weighted by molar-refractivity contribution is 6.16. The molecule has 3 aromatic heterocycles. The molecule has 8 aromatic carbocycles. The smallest absolute Gasteiger partial charge is 0.164 e. The molecule has 0 amide bonds. The third kappa shape index (κ3) is 5.97. The number of para-hydroxylation sites is 2. The lowest BCUT2D eigenvalue weighted by atomic mass is 9.95. The topological polar surface area (TPSA) is 48.5 Å². The Bertz CT molecular complexity index is 3420. The molecule has 0 saturated heterocycles. The maximum Gasteiger partial charge on any atom is 0.164 e. The van der Waals surface area contributed by atoms with Crippen LogP contribution in [0.5, 0.6) is 0 Å². The van der Waals surface area contributed by atoms with Gasteiger partial charge in [0.25, 0.3) is 0 Å². The van der Waals surface area contributed by atoms with Crippen LogP contribution in [0.2, 0.25) is 0 Å². The van der Waals surface area contributed by atoms with Crippen LogP contribution in [-0.4, -0.2) is 24.1 Å². The van der Waals surface area contributed by atoms with Gasteiger partial charge >= 0.3 is 0 Å². The van der Waals surface area contributed by atoms with Crippen LogP contribution in [0, 0.1) is 0 Å². The molecule has 0 spiro atoms. The molecule has 62 heavy (non-hydrogen) atoms. The Morgan fingerprint density at radius 2 is 0.823 bits per heavy atom. The van der Waals surface area contributed by atoms with E-state index >= 15 is 0 Å².